The Kier molecular flexibility index (Phi) is 12.1. The molecule has 3 aliphatic heterocycles. The molecule has 2 unspecified atom stereocenters. The molecule has 0 bridgehead atoms. The Balaban J connectivity index is 1.20. The number of carbonyl (C=O) groups excluding carboxylic acids is 1. The molecule has 0 spiro atoms. The largest absolute Gasteiger partial charge is 0.748 e. The maximum atomic E-state index is 13.1. The zero-order chi connectivity index (χ0) is 40.6. The molecule has 0 radical (unpaired) electrons. The van der Waals surface area contributed by atoms with Gasteiger partial charge >= 0.3 is 0 Å². The van der Waals surface area contributed by atoms with Gasteiger partial charge in [-0.2, -0.15) is 4.58 Å². The first-order chi connectivity index (χ1) is 26.5. The van der Waals surface area contributed by atoms with Gasteiger partial charge in [0.1, 0.15) is 30.9 Å². The van der Waals surface area contributed by atoms with Gasteiger partial charge in [0.25, 0.3) is 0 Å². The van der Waals surface area contributed by atoms with Crippen molar-refractivity contribution in [1.82, 2.24) is 5.32 Å². The molecule has 1 amide bonds. The third-order valence-electron chi connectivity index (χ3n) is 11.4. The Morgan fingerprint density at radius 1 is 0.982 bits per heavy atom. The Morgan fingerprint density at radius 3 is 2.45 bits per heavy atom. The van der Waals surface area contributed by atoms with E-state index in [0.29, 0.717) is 19.4 Å². The average molecular weight is 788 g/mol. The van der Waals surface area contributed by atoms with Crippen molar-refractivity contribution in [2.24, 2.45) is 0 Å². The van der Waals surface area contributed by atoms with E-state index in [-0.39, 0.29) is 17.6 Å². The summed E-state index contributed by atoms with van der Waals surface area (Å²) in [4.78, 5) is 15.3. The summed E-state index contributed by atoms with van der Waals surface area (Å²) in [6.07, 6.45) is 5.32. The SMILES string of the molecule is CCN1/C(=C/C=C/C=C/C2=[N+](CCCCS(=O)(=O)[O-])c3ccc4ccccc4c3C2(C)C)C(C)(C)c2cc(CC(=O)NC3C(O)O[C@H](CO)[C@@H](O)[C@@H]3O)ccc21. The van der Waals surface area contributed by atoms with Crippen LogP contribution in [0.1, 0.15) is 64.2 Å². The number of hydrogen-bond acceptors (Lipinski definition) is 10. The molecule has 6 rings (SSSR count). The number of aliphatic hydroxyl groups excluding tert-OH is 4. The molecule has 0 saturated carbocycles. The van der Waals surface area contributed by atoms with E-state index in [9.17, 15) is 38.2 Å². The van der Waals surface area contributed by atoms with Gasteiger partial charge in [0, 0.05) is 53.2 Å². The van der Waals surface area contributed by atoms with Crippen LogP contribution < -0.4 is 10.2 Å². The normalized spacial score (nSPS) is 25.1. The molecular weight excluding hydrogens is 735 g/mol. The van der Waals surface area contributed by atoms with Crippen molar-refractivity contribution in [3.8, 4) is 0 Å². The zero-order valence-electron chi connectivity index (χ0n) is 32.6. The van der Waals surface area contributed by atoms with Crippen LogP contribution in [0.4, 0.5) is 11.4 Å². The molecule has 300 valence electrons. The highest BCUT2D eigenvalue weighted by molar-refractivity contribution is 7.85. The second-order valence-electron chi connectivity index (χ2n) is 15.8. The number of unbranched alkanes of at least 4 members (excludes halogenated alkanes) is 1. The van der Waals surface area contributed by atoms with Crippen molar-refractivity contribution < 1.29 is 47.5 Å². The van der Waals surface area contributed by atoms with Gasteiger partial charge in [0.2, 0.25) is 11.6 Å². The second kappa shape index (κ2) is 16.3. The van der Waals surface area contributed by atoms with Gasteiger partial charge in [-0.15, -0.1) is 0 Å². The summed E-state index contributed by atoms with van der Waals surface area (Å²) < 4.78 is 41.3. The van der Waals surface area contributed by atoms with Gasteiger partial charge in [-0.1, -0.05) is 68.5 Å². The Labute approximate surface area is 328 Å². The number of amides is 1. The standard InChI is InChI=1S/C43H53N3O9S/c1-6-45-31-20-18-27(25-36(48)44-38-40(50)39(49)33(26-47)55-41(38)51)24-30(31)42(2,3)34(45)16-8-7-9-17-35-43(4,5)37-29-15-11-10-14-28(29)19-21-32(37)46(35)22-12-13-23-56(52,53)54/h7-11,14-21,24,33,38-41,47,49-51H,6,12-13,22-23,25-26H2,1-5H3,(H-,44,48,52,53,54)/t33-,38?,39-,40-,41?/m1/s1. The lowest BCUT2D eigenvalue weighted by Gasteiger charge is -2.40. The molecule has 1 saturated heterocycles. The number of benzene rings is 3. The summed E-state index contributed by atoms with van der Waals surface area (Å²) in [7, 11) is -4.28. The first kappa shape index (κ1) is 41.4. The van der Waals surface area contributed by atoms with Crippen molar-refractivity contribution in [1.29, 1.82) is 0 Å². The molecule has 3 aromatic rings. The Bertz CT molecular complexity index is 2210. The smallest absolute Gasteiger partial charge is 0.224 e. The van der Waals surface area contributed by atoms with Crippen LogP contribution in [0.2, 0.25) is 0 Å². The third kappa shape index (κ3) is 8.12. The fourth-order valence-corrected chi connectivity index (χ4v) is 9.09. The lowest BCUT2D eigenvalue weighted by Crippen LogP contribution is -2.64. The van der Waals surface area contributed by atoms with Crippen LogP contribution in [0.25, 0.3) is 10.8 Å². The van der Waals surface area contributed by atoms with E-state index in [4.69, 9.17) is 4.74 Å². The van der Waals surface area contributed by atoms with Crippen molar-refractivity contribution in [3.63, 3.8) is 0 Å². The monoisotopic (exact) mass is 787 g/mol. The molecule has 3 aromatic carbocycles. The number of likely N-dealkylation sites (N-methyl/N-ethyl adjacent to an activating group) is 1. The second-order valence-corrected chi connectivity index (χ2v) is 17.4. The molecule has 12 nitrogen and oxygen atoms in total. The molecule has 3 heterocycles. The highest BCUT2D eigenvalue weighted by atomic mass is 32.2. The minimum absolute atomic E-state index is 0.0295. The number of allylic oxidation sites excluding steroid dienone is 6. The number of rotatable bonds is 13. The van der Waals surface area contributed by atoms with Gasteiger partial charge in [0.15, 0.2) is 12.0 Å². The van der Waals surface area contributed by atoms with Gasteiger partial charge in [0.05, 0.1) is 28.6 Å². The fourth-order valence-electron chi connectivity index (χ4n) is 8.53. The molecule has 13 heteroatoms. The highest BCUT2D eigenvalue weighted by Crippen LogP contribution is 2.48. The minimum atomic E-state index is -4.28. The minimum Gasteiger partial charge on any atom is -0.748 e. The van der Waals surface area contributed by atoms with Crippen LogP contribution >= 0.6 is 0 Å². The van der Waals surface area contributed by atoms with Crippen LogP contribution in [0.3, 0.4) is 0 Å². The number of ether oxygens (including phenoxy) is 1. The van der Waals surface area contributed by atoms with E-state index in [1.807, 2.05) is 48.6 Å². The first-order valence-corrected chi connectivity index (χ1v) is 20.7. The van der Waals surface area contributed by atoms with Crippen molar-refractivity contribution >= 4 is 43.9 Å². The van der Waals surface area contributed by atoms with Crippen LogP contribution in [-0.2, 0) is 36.9 Å². The molecule has 5 atom stereocenters. The summed E-state index contributed by atoms with van der Waals surface area (Å²) in [5.74, 6) is -0.845. The average Bonchev–Trinajstić information content (AvgIpc) is 3.50. The topological polar surface area (TPSA) is 183 Å². The van der Waals surface area contributed by atoms with E-state index in [1.165, 1.54) is 10.9 Å². The van der Waals surface area contributed by atoms with E-state index in [2.05, 4.69) is 85.8 Å². The zero-order valence-corrected chi connectivity index (χ0v) is 33.4. The van der Waals surface area contributed by atoms with E-state index in [1.54, 1.807) is 0 Å². The lowest BCUT2D eigenvalue weighted by molar-refractivity contribution is -0.438. The van der Waals surface area contributed by atoms with Crippen molar-refractivity contribution in [2.75, 3.05) is 30.3 Å². The van der Waals surface area contributed by atoms with Crippen molar-refractivity contribution in [3.05, 3.63) is 107 Å². The number of hydrogen-bond donors (Lipinski definition) is 5. The molecule has 0 aliphatic carbocycles. The molecule has 1 fully saturated rings. The quantitative estimate of drug-likeness (QED) is 0.0740. The number of nitrogens with zero attached hydrogens (tertiary/aromatic N) is 2. The van der Waals surface area contributed by atoms with Crippen molar-refractivity contribution in [2.45, 2.75) is 95.4 Å². The summed E-state index contributed by atoms with van der Waals surface area (Å²) in [5.41, 5.74) is 6.54. The predicted octanol–water partition coefficient (Wildman–Crippen LogP) is 3.81. The summed E-state index contributed by atoms with van der Waals surface area (Å²) >= 11 is 0. The number of carbonyl (C=O) groups is 1. The summed E-state index contributed by atoms with van der Waals surface area (Å²) in [5, 5.41) is 45.2. The Morgan fingerprint density at radius 2 is 1.73 bits per heavy atom. The van der Waals surface area contributed by atoms with Gasteiger partial charge in [-0.05, 0) is 67.3 Å². The van der Waals surface area contributed by atoms with Gasteiger partial charge in [-0.25, -0.2) is 8.42 Å². The maximum absolute atomic E-state index is 13.1. The Hall–Kier alpha value is -4.21. The van der Waals surface area contributed by atoms with E-state index < -0.39 is 58.7 Å². The van der Waals surface area contributed by atoms with Crippen LogP contribution in [-0.4, -0.2) is 106 Å². The van der Waals surface area contributed by atoms with Crippen LogP contribution in [0.15, 0.2) is 90.7 Å². The molecule has 56 heavy (non-hydrogen) atoms. The van der Waals surface area contributed by atoms with E-state index >= 15 is 0 Å². The van der Waals surface area contributed by atoms with Gasteiger partial charge < -0.3 is 39.9 Å². The maximum Gasteiger partial charge on any atom is 0.224 e. The number of aliphatic hydroxyl groups is 4. The number of fused-ring (bicyclic) bond motifs is 4. The third-order valence-corrected chi connectivity index (χ3v) is 12.2. The highest BCUT2D eigenvalue weighted by Gasteiger charge is 2.46. The molecule has 5 N–H and O–H groups in total. The molecule has 3 aliphatic rings. The number of anilines is 1. The first-order valence-electron chi connectivity index (χ1n) is 19.2. The van der Waals surface area contributed by atoms with E-state index in [0.717, 1.165) is 45.8 Å². The lowest BCUT2D eigenvalue weighted by atomic mass is 9.79. The molecule has 0 aromatic heterocycles. The van der Waals surface area contributed by atoms with Gasteiger partial charge in [-0.3, -0.25) is 4.79 Å². The fraction of sp³-hybridized carbons (Fsp3) is 0.442. The molecular formula is C43H53N3O9S. The van der Waals surface area contributed by atoms with Crippen LogP contribution in [0, 0.1) is 0 Å². The summed E-state index contributed by atoms with van der Waals surface area (Å²) in [6.45, 7) is 11.5. The van der Waals surface area contributed by atoms with Crippen LogP contribution in [0.5, 0.6) is 0 Å². The summed E-state index contributed by atoms with van der Waals surface area (Å²) in [6, 6.07) is 17.2. The predicted molar refractivity (Wildman–Crippen MR) is 215 cm³/mol. The number of nitrogens with one attached hydrogen (secondary N) is 1.